The van der Waals surface area contributed by atoms with Gasteiger partial charge in [0.25, 0.3) is 5.69 Å². The number of nitrogens with one attached hydrogen (secondary N) is 1. The second-order valence-corrected chi connectivity index (χ2v) is 6.77. The first kappa shape index (κ1) is 20.7. The molecule has 1 heterocycles. The maximum Gasteiger partial charge on any atom is 0.307 e. The summed E-state index contributed by atoms with van der Waals surface area (Å²) < 4.78 is 24.0. The lowest BCUT2D eigenvalue weighted by Crippen LogP contribution is -2.16. The van der Waals surface area contributed by atoms with E-state index in [0.717, 1.165) is 11.1 Å². The highest BCUT2D eigenvalue weighted by molar-refractivity contribution is 5.97. The van der Waals surface area contributed by atoms with Crippen molar-refractivity contribution >= 4 is 28.8 Å². The molecule has 1 aromatic heterocycles. The largest absolute Gasteiger partial charge is 0.489 e. The summed E-state index contributed by atoms with van der Waals surface area (Å²) in [5, 5.41) is 15.2. The molecule has 32 heavy (non-hydrogen) atoms. The lowest BCUT2D eigenvalue weighted by atomic mass is 10.2. The number of hydrazone groups is 1. The molecule has 1 amide bonds. The fraction of sp³-hybridized carbons (Fsp3) is 0.0435. The average molecular weight is 433 g/mol. The number of hydrogen-bond acceptors (Lipinski definition) is 6. The second kappa shape index (κ2) is 9.09. The summed E-state index contributed by atoms with van der Waals surface area (Å²) in [7, 11) is 0. The van der Waals surface area contributed by atoms with Gasteiger partial charge in [-0.05, 0) is 59.7 Å². The van der Waals surface area contributed by atoms with Crippen LogP contribution in [0, 0.1) is 15.9 Å². The predicted octanol–water partition coefficient (Wildman–Crippen LogP) is 4.82. The number of fused-ring (bicyclic) bond motifs is 1. The summed E-state index contributed by atoms with van der Waals surface area (Å²) in [6.07, 6.45) is 1.45. The summed E-state index contributed by atoms with van der Waals surface area (Å²) in [6.45, 7) is 0.310. The van der Waals surface area contributed by atoms with Gasteiger partial charge in [0.15, 0.2) is 5.76 Å². The SMILES string of the molecule is O=C(N/N=C\c1ccc(OCc2ccc(F)cc2)cc1)c1cc2cc([N+](=O)[O-])ccc2o1. The zero-order valence-corrected chi connectivity index (χ0v) is 16.5. The van der Waals surface area contributed by atoms with Crippen LogP contribution in [0.5, 0.6) is 5.75 Å². The normalized spacial score (nSPS) is 11.0. The zero-order chi connectivity index (χ0) is 22.5. The summed E-state index contributed by atoms with van der Waals surface area (Å²) >= 11 is 0. The van der Waals surface area contributed by atoms with E-state index in [-0.39, 0.29) is 17.3 Å². The van der Waals surface area contributed by atoms with Crippen LogP contribution in [0.1, 0.15) is 21.7 Å². The van der Waals surface area contributed by atoms with Gasteiger partial charge in [-0.15, -0.1) is 0 Å². The molecule has 160 valence electrons. The van der Waals surface area contributed by atoms with E-state index in [9.17, 15) is 19.3 Å². The molecule has 0 bridgehead atoms. The molecule has 4 aromatic rings. The molecule has 3 aromatic carbocycles. The monoisotopic (exact) mass is 433 g/mol. The van der Waals surface area contributed by atoms with E-state index in [1.807, 2.05) is 0 Å². The Morgan fingerprint density at radius 3 is 2.56 bits per heavy atom. The van der Waals surface area contributed by atoms with Gasteiger partial charge >= 0.3 is 5.91 Å². The molecule has 0 radical (unpaired) electrons. The van der Waals surface area contributed by atoms with Gasteiger partial charge in [-0.25, -0.2) is 9.82 Å². The molecule has 0 atom stereocenters. The summed E-state index contributed by atoms with van der Waals surface area (Å²) in [6, 6.07) is 18.6. The minimum absolute atomic E-state index is 0.0119. The number of carbonyl (C=O) groups excluding carboxylic acids is 1. The predicted molar refractivity (Wildman–Crippen MR) is 115 cm³/mol. The number of hydrogen-bond donors (Lipinski definition) is 1. The Bertz CT molecular complexity index is 1300. The van der Waals surface area contributed by atoms with Crippen molar-refractivity contribution in [1.29, 1.82) is 0 Å². The molecule has 0 aliphatic carbocycles. The van der Waals surface area contributed by atoms with Crippen LogP contribution < -0.4 is 10.2 Å². The number of rotatable bonds is 7. The second-order valence-electron chi connectivity index (χ2n) is 6.77. The third kappa shape index (κ3) is 4.96. The quantitative estimate of drug-likeness (QED) is 0.255. The van der Waals surface area contributed by atoms with Crippen LogP contribution in [0.25, 0.3) is 11.0 Å². The lowest BCUT2D eigenvalue weighted by molar-refractivity contribution is -0.384. The van der Waals surface area contributed by atoms with E-state index in [0.29, 0.717) is 23.3 Å². The number of non-ortho nitro benzene ring substituents is 1. The van der Waals surface area contributed by atoms with Crippen LogP contribution in [0.3, 0.4) is 0 Å². The lowest BCUT2D eigenvalue weighted by Gasteiger charge is -2.06. The Morgan fingerprint density at radius 1 is 1.09 bits per heavy atom. The number of carbonyl (C=O) groups is 1. The van der Waals surface area contributed by atoms with Crippen molar-refractivity contribution in [2.24, 2.45) is 5.10 Å². The maximum atomic E-state index is 12.9. The standard InChI is InChI=1S/C23H16FN3O5/c24-18-5-1-16(2-6-18)14-31-20-8-3-15(4-9-20)13-25-26-23(28)22-12-17-11-19(27(29)30)7-10-21(17)32-22/h1-13H,14H2,(H,26,28)/b25-13-. The van der Waals surface area contributed by atoms with E-state index < -0.39 is 10.8 Å². The maximum absolute atomic E-state index is 12.9. The highest BCUT2D eigenvalue weighted by Gasteiger charge is 2.14. The Morgan fingerprint density at radius 2 is 1.84 bits per heavy atom. The van der Waals surface area contributed by atoms with Crippen molar-refractivity contribution in [2.45, 2.75) is 6.61 Å². The molecule has 8 nitrogen and oxygen atoms in total. The van der Waals surface area contributed by atoms with Crippen LogP contribution in [-0.4, -0.2) is 17.0 Å². The molecule has 4 rings (SSSR count). The third-order valence-corrected chi connectivity index (χ3v) is 4.51. The number of amides is 1. The summed E-state index contributed by atoms with van der Waals surface area (Å²) in [5.41, 5.74) is 4.19. The van der Waals surface area contributed by atoms with Crippen molar-refractivity contribution in [1.82, 2.24) is 5.43 Å². The fourth-order valence-electron chi connectivity index (χ4n) is 2.87. The summed E-state index contributed by atoms with van der Waals surface area (Å²) in [5.74, 6) is -0.262. The molecule has 0 aliphatic rings. The van der Waals surface area contributed by atoms with Gasteiger partial charge in [-0.2, -0.15) is 5.10 Å². The van der Waals surface area contributed by atoms with Crippen molar-refractivity contribution in [3.63, 3.8) is 0 Å². The molecule has 0 spiro atoms. The van der Waals surface area contributed by atoms with Gasteiger partial charge in [-0.3, -0.25) is 14.9 Å². The molecule has 9 heteroatoms. The molecule has 0 aliphatic heterocycles. The van der Waals surface area contributed by atoms with Crippen molar-refractivity contribution < 1.29 is 23.3 Å². The highest BCUT2D eigenvalue weighted by Crippen LogP contribution is 2.24. The first-order chi connectivity index (χ1) is 15.5. The molecule has 0 saturated heterocycles. The van der Waals surface area contributed by atoms with Crippen LogP contribution in [0.4, 0.5) is 10.1 Å². The Balaban J connectivity index is 1.33. The third-order valence-electron chi connectivity index (χ3n) is 4.51. The van der Waals surface area contributed by atoms with E-state index in [2.05, 4.69) is 10.5 Å². The van der Waals surface area contributed by atoms with Crippen molar-refractivity contribution in [2.75, 3.05) is 0 Å². The number of benzene rings is 3. The first-order valence-corrected chi connectivity index (χ1v) is 9.47. The van der Waals surface area contributed by atoms with Crippen LogP contribution in [0.15, 0.2) is 82.3 Å². The molecule has 0 saturated carbocycles. The number of nitro benzene ring substituents is 1. The van der Waals surface area contributed by atoms with Crippen LogP contribution in [-0.2, 0) is 6.61 Å². The van der Waals surface area contributed by atoms with Gasteiger partial charge in [-0.1, -0.05) is 12.1 Å². The molecular weight excluding hydrogens is 417 g/mol. The van der Waals surface area contributed by atoms with Crippen LogP contribution in [0.2, 0.25) is 0 Å². The number of nitro groups is 1. The van der Waals surface area contributed by atoms with Crippen molar-refractivity contribution in [3.8, 4) is 5.75 Å². The zero-order valence-electron chi connectivity index (χ0n) is 16.5. The Kier molecular flexibility index (Phi) is 5.89. The van der Waals surface area contributed by atoms with E-state index in [1.54, 1.807) is 36.4 Å². The van der Waals surface area contributed by atoms with Crippen LogP contribution >= 0.6 is 0 Å². The minimum Gasteiger partial charge on any atom is -0.489 e. The topological polar surface area (TPSA) is 107 Å². The van der Waals surface area contributed by atoms with Gasteiger partial charge in [0, 0.05) is 17.5 Å². The number of nitrogens with zero attached hydrogens (tertiary/aromatic N) is 2. The number of furan rings is 1. The van der Waals surface area contributed by atoms with Gasteiger partial charge in [0.1, 0.15) is 23.8 Å². The summed E-state index contributed by atoms with van der Waals surface area (Å²) in [4.78, 5) is 22.6. The molecule has 0 fully saturated rings. The fourth-order valence-corrected chi connectivity index (χ4v) is 2.87. The van der Waals surface area contributed by atoms with Crippen molar-refractivity contribution in [3.05, 3.63) is 106 Å². The van der Waals surface area contributed by atoms with Gasteiger partial charge in [0.05, 0.1) is 11.1 Å². The van der Waals surface area contributed by atoms with Gasteiger partial charge < -0.3 is 9.15 Å². The Hall–Kier alpha value is -4.53. The first-order valence-electron chi connectivity index (χ1n) is 9.47. The average Bonchev–Trinajstić information content (AvgIpc) is 3.23. The molecular formula is C23H16FN3O5. The number of halogens is 1. The molecule has 1 N–H and O–H groups in total. The highest BCUT2D eigenvalue weighted by atomic mass is 19.1. The number of ether oxygens (including phenoxy) is 1. The van der Waals surface area contributed by atoms with Gasteiger partial charge in [0.2, 0.25) is 0 Å². The van der Waals surface area contributed by atoms with E-state index >= 15 is 0 Å². The smallest absolute Gasteiger partial charge is 0.307 e. The molecule has 0 unspecified atom stereocenters. The Labute approximate surface area is 181 Å². The van der Waals surface area contributed by atoms with E-state index in [4.69, 9.17) is 9.15 Å². The minimum atomic E-state index is -0.584. The van der Waals surface area contributed by atoms with E-state index in [1.165, 1.54) is 42.6 Å².